The number of carbonyl (C=O) groups excluding carboxylic acids is 1. The van der Waals surface area contributed by atoms with Crippen LogP contribution in [0.3, 0.4) is 0 Å². The second-order valence-corrected chi connectivity index (χ2v) is 20.6. The van der Waals surface area contributed by atoms with E-state index in [0.717, 1.165) is 56.4 Å². The van der Waals surface area contributed by atoms with E-state index in [2.05, 4.69) is 60.6 Å². The lowest BCUT2D eigenvalue weighted by Crippen LogP contribution is -2.46. The van der Waals surface area contributed by atoms with Gasteiger partial charge < -0.3 is 48.4 Å². The minimum atomic E-state index is -4.45. The van der Waals surface area contributed by atoms with E-state index in [0.29, 0.717) is 96.5 Å². The number of allylic oxidation sites excluding steroid dienone is 8. The van der Waals surface area contributed by atoms with Crippen molar-refractivity contribution >= 4 is 50.1 Å². The van der Waals surface area contributed by atoms with Gasteiger partial charge in [-0.2, -0.15) is 13.0 Å². The van der Waals surface area contributed by atoms with Gasteiger partial charge in [0.15, 0.2) is 5.71 Å². The van der Waals surface area contributed by atoms with E-state index >= 15 is 0 Å². The van der Waals surface area contributed by atoms with E-state index in [9.17, 15) is 28.0 Å². The van der Waals surface area contributed by atoms with Crippen molar-refractivity contribution in [2.45, 2.75) is 76.2 Å². The third-order valence-electron chi connectivity index (χ3n) is 13.1. The van der Waals surface area contributed by atoms with Crippen LogP contribution in [0.15, 0.2) is 120 Å². The smallest absolute Gasteiger partial charge is 0.333 e. The van der Waals surface area contributed by atoms with Gasteiger partial charge in [-0.25, -0.2) is 4.79 Å². The summed E-state index contributed by atoms with van der Waals surface area (Å²) in [4.78, 5) is 19.8. The summed E-state index contributed by atoms with van der Waals surface area (Å²) >= 11 is 0. The van der Waals surface area contributed by atoms with Crippen molar-refractivity contribution in [1.82, 2.24) is 4.73 Å². The largest absolute Gasteiger partial charge is 0.492 e. The van der Waals surface area contributed by atoms with Gasteiger partial charge in [-0.15, -0.1) is 4.73 Å². The summed E-state index contributed by atoms with van der Waals surface area (Å²) < 4.78 is 71.8. The first-order chi connectivity index (χ1) is 35.5. The van der Waals surface area contributed by atoms with Crippen LogP contribution in [0.4, 0.5) is 11.4 Å². The molecular formula is C57H70N3O13S+. The molecule has 0 aliphatic carbocycles. The highest BCUT2D eigenvalue weighted by Crippen LogP contribution is 2.47. The normalized spacial score (nSPS) is 16.4. The Morgan fingerprint density at radius 1 is 0.770 bits per heavy atom. The Balaban J connectivity index is 1.06. The summed E-state index contributed by atoms with van der Waals surface area (Å²) in [5.41, 5.74) is 7.78. The van der Waals surface area contributed by atoms with Gasteiger partial charge in [-0.3, -0.25) is 4.55 Å². The van der Waals surface area contributed by atoms with Crippen LogP contribution in [-0.2, 0) is 44.0 Å². The molecule has 17 heteroatoms. The number of methoxy groups -OCH3 is 1. The summed E-state index contributed by atoms with van der Waals surface area (Å²) in [5, 5.41) is 19.7. The van der Waals surface area contributed by atoms with Gasteiger partial charge in [0.2, 0.25) is 17.4 Å². The fraction of sp³-hybridized carbons (Fsp3) is 0.404. The van der Waals surface area contributed by atoms with Crippen LogP contribution in [0.5, 0.6) is 17.5 Å². The number of rotatable bonds is 27. The number of anilines is 1. The summed E-state index contributed by atoms with van der Waals surface area (Å²) in [5.74, 6) is 0.0979. The Labute approximate surface area is 434 Å². The number of aromatic nitrogens is 1. The van der Waals surface area contributed by atoms with E-state index < -0.39 is 21.5 Å². The number of hydrogen-bond donors (Lipinski definition) is 3. The molecule has 0 bridgehead atoms. The maximum absolute atomic E-state index is 12.5. The van der Waals surface area contributed by atoms with Crippen LogP contribution in [0, 0.1) is 0 Å². The quantitative estimate of drug-likeness (QED) is 0.0222. The molecule has 3 N–H and O–H groups in total. The standard InChI is InChI=1S/C57H69N3O13S/c1-41-40-56(2,3)59(26-27-68-30-31-70-34-35-71-33-32-69-29-28-67-6)49-39-51-46(38-45(41)49)43(36-50(72-51)42-16-10-7-11-17-42)18-12-8-13-19-52-57(4,5)47-37-44(74(64,65)66)21-22-48(47)58(52)25-15-9-14-20-55(63)73-60-53(61)23-24-54(60)62/h7-8,10-13,16-19,21-24,36-40H,9,14-15,20,25-35H2,1-6H3,(H2-,61,62,64,65,66)/p+1. The SMILES string of the molecule is COCCOCCOCCOCCOCCN1c2cc3c(cc2C(C)=CC1(C)C)C(=CC=CC=CC1=[N+](CCCCCC(=O)On2c(O)ccc2O)c2ccc(S(=O)(=O)O)cc2C1(C)C)C=C(c1ccccc1)O3. The Hall–Kier alpha value is -6.31. The predicted molar refractivity (Wildman–Crippen MR) is 285 cm³/mol. The Morgan fingerprint density at radius 3 is 2.09 bits per heavy atom. The number of carbonyl (C=O) groups is 1. The van der Waals surface area contributed by atoms with Crippen LogP contribution in [-0.4, -0.2) is 129 Å². The van der Waals surface area contributed by atoms with Gasteiger partial charge in [0.25, 0.3) is 10.1 Å². The maximum atomic E-state index is 12.5. The molecule has 3 aliphatic rings. The van der Waals surface area contributed by atoms with Crippen LogP contribution in [0.2, 0.25) is 0 Å². The molecule has 0 fully saturated rings. The molecule has 16 nitrogen and oxygen atoms in total. The molecule has 7 rings (SSSR count). The van der Waals surface area contributed by atoms with Crippen molar-refractivity contribution in [3.05, 3.63) is 138 Å². The summed E-state index contributed by atoms with van der Waals surface area (Å²) in [6.07, 6.45) is 16.3. The van der Waals surface area contributed by atoms with E-state index in [1.807, 2.05) is 68.5 Å². The Morgan fingerprint density at radius 2 is 1.43 bits per heavy atom. The second kappa shape index (κ2) is 25.3. The van der Waals surface area contributed by atoms with Crippen LogP contribution < -0.4 is 14.5 Å². The third kappa shape index (κ3) is 13.9. The molecule has 74 heavy (non-hydrogen) atoms. The summed E-state index contributed by atoms with van der Waals surface area (Å²) in [6, 6.07) is 21.5. The first-order valence-electron chi connectivity index (χ1n) is 25.0. The molecule has 3 aromatic carbocycles. The first-order valence-corrected chi connectivity index (χ1v) is 26.5. The number of hydrogen-bond acceptors (Lipinski definition) is 13. The predicted octanol–water partition coefficient (Wildman–Crippen LogP) is 9.08. The first kappa shape index (κ1) is 55.4. The molecule has 4 heterocycles. The zero-order valence-corrected chi connectivity index (χ0v) is 44.1. The molecule has 0 amide bonds. The van der Waals surface area contributed by atoms with Gasteiger partial charge in [0, 0.05) is 84.8 Å². The molecule has 1 aromatic heterocycles. The molecule has 0 atom stereocenters. The fourth-order valence-electron chi connectivity index (χ4n) is 9.42. The van der Waals surface area contributed by atoms with Crippen molar-refractivity contribution in [3.63, 3.8) is 0 Å². The summed E-state index contributed by atoms with van der Waals surface area (Å²) in [6.45, 7) is 16.4. The number of benzene rings is 3. The van der Waals surface area contributed by atoms with Gasteiger partial charge in [-0.05, 0) is 82.9 Å². The molecule has 0 spiro atoms. The Bertz CT molecular complexity index is 2890. The van der Waals surface area contributed by atoms with Crippen molar-refractivity contribution in [3.8, 4) is 17.5 Å². The van der Waals surface area contributed by atoms with Gasteiger partial charge in [0.1, 0.15) is 18.1 Å². The number of unbranched alkanes of at least 4 members (excludes halogenated alkanes) is 2. The monoisotopic (exact) mass is 1040 g/mol. The molecule has 0 radical (unpaired) electrons. The average molecular weight is 1040 g/mol. The van der Waals surface area contributed by atoms with Crippen LogP contribution in [0.25, 0.3) is 16.9 Å². The van der Waals surface area contributed by atoms with Crippen LogP contribution >= 0.6 is 0 Å². The van der Waals surface area contributed by atoms with Crippen molar-refractivity contribution in [2.75, 3.05) is 84.6 Å². The van der Waals surface area contributed by atoms with Crippen molar-refractivity contribution < 1.29 is 65.8 Å². The molecule has 4 aromatic rings. The average Bonchev–Trinajstić information content (AvgIpc) is 3.79. The highest BCUT2D eigenvalue weighted by molar-refractivity contribution is 7.85. The Kier molecular flexibility index (Phi) is 18.9. The lowest BCUT2D eigenvalue weighted by molar-refractivity contribution is -0.438. The van der Waals surface area contributed by atoms with E-state index in [1.54, 1.807) is 13.2 Å². The highest BCUT2D eigenvalue weighted by Gasteiger charge is 2.45. The zero-order valence-electron chi connectivity index (χ0n) is 43.3. The highest BCUT2D eigenvalue weighted by atomic mass is 32.2. The second-order valence-electron chi connectivity index (χ2n) is 19.2. The zero-order chi connectivity index (χ0) is 52.9. The van der Waals surface area contributed by atoms with Gasteiger partial charge in [-0.1, -0.05) is 60.7 Å². The fourth-order valence-corrected chi connectivity index (χ4v) is 9.92. The van der Waals surface area contributed by atoms with E-state index in [4.69, 9.17) is 33.3 Å². The van der Waals surface area contributed by atoms with Crippen molar-refractivity contribution in [2.24, 2.45) is 0 Å². The topological polar surface area (TPSA) is 188 Å². The lowest BCUT2D eigenvalue weighted by atomic mass is 9.81. The lowest BCUT2D eigenvalue weighted by Gasteiger charge is -2.44. The number of fused-ring (bicyclic) bond motifs is 3. The van der Waals surface area contributed by atoms with E-state index in [1.165, 1.54) is 29.8 Å². The van der Waals surface area contributed by atoms with Gasteiger partial charge >= 0.3 is 5.97 Å². The minimum Gasteiger partial charge on any atom is -0.492 e. The minimum absolute atomic E-state index is 0.0697. The molecule has 396 valence electrons. The van der Waals surface area contributed by atoms with Crippen molar-refractivity contribution in [1.29, 1.82) is 0 Å². The van der Waals surface area contributed by atoms with Gasteiger partial charge in [0.05, 0.1) is 75.3 Å². The number of ether oxygens (including phenoxy) is 6. The number of aromatic hydroxyl groups is 2. The third-order valence-corrected chi connectivity index (χ3v) is 14.0. The summed E-state index contributed by atoms with van der Waals surface area (Å²) in [7, 11) is -2.81. The molecule has 0 saturated carbocycles. The molecule has 0 unspecified atom stereocenters. The maximum Gasteiger partial charge on any atom is 0.333 e. The molecule has 3 aliphatic heterocycles. The molecular weight excluding hydrogens is 967 g/mol. The van der Waals surface area contributed by atoms with E-state index in [-0.39, 0.29) is 28.6 Å². The molecule has 0 saturated heterocycles. The number of nitrogens with zero attached hydrogens (tertiary/aromatic N) is 3. The van der Waals surface area contributed by atoms with Crippen LogP contribution in [0.1, 0.15) is 82.6 Å².